The van der Waals surface area contributed by atoms with Crippen LogP contribution in [-0.2, 0) is 22.0 Å². The van der Waals surface area contributed by atoms with Gasteiger partial charge < -0.3 is 0 Å². The van der Waals surface area contributed by atoms with E-state index in [1.54, 1.807) is 0 Å². The van der Waals surface area contributed by atoms with E-state index in [-0.39, 0.29) is 5.78 Å². The van der Waals surface area contributed by atoms with Crippen LogP contribution in [0.25, 0.3) is 0 Å². The van der Waals surface area contributed by atoms with E-state index < -0.39 is 10.8 Å². The molecule has 2 rings (SSSR count). The molecule has 0 radical (unpaired) electrons. The van der Waals surface area contributed by atoms with Crippen molar-refractivity contribution in [3.05, 3.63) is 59.7 Å². The molecule has 0 fully saturated rings. The molecule has 0 saturated heterocycles. The van der Waals surface area contributed by atoms with Gasteiger partial charge in [0.15, 0.2) is 0 Å². The minimum absolute atomic E-state index is 0.200. The Bertz CT molecular complexity index is 645. The fourth-order valence-corrected chi connectivity index (χ4v) is 3.42. The highest BCUT2D eigenvalue weighted by atomic mass is 32.2. The lowest BCUT2D eigenvalue weighted by Crippen LogP contribution is -2.06. The highest BCUT2D eigenvalue weighted by Gasteiger charge is 2.13. The summed E-state index contributed by atoms with van der Waals surface area (Å²) in [7, 11) is -1.24. The molecule has 0 heterocycles. The summed E-state index contributed by atoms with van der Waals surface area (Å²) in [5.41, 5.74) is 2.01. The minimum Gasteiger partial charge on any atom is -0.299 e. The Balaban J connectivity index is 2.29. The lowest BCUT2D eigenvalue weighted by atomic mass is 10.1. The van der Waals surface area contributed by atoms with Crippen molar-refractivity contribution in [2.45, 2.75) is 42.9 Å². The molecule has 0 unspecified atom stereocenters. The van der Waals surface area contributed by atoms with Crippen LogP contribution in [0.2, 0.25) is 0 Å². The molecule has 0 amide bonds. The quantitative estimate of drug-likeness (QED) is 0.805. The summed E-state index contributed by atoms with van der Waals surface area (Å²) in [5.74, 6) is 0.200. The molecule has 110 valence electrons. The molecule has 2 aromatic carbocycles. The normalized spacial score (nSPS) is 12.1. The third-order valence-corrected chi connectivity index (χ3v) is 4.82. The number of aryl methyl sites for hydroxylation is 1. The first-order valence-electron chi connectivity index (χ1n) is 7.20. The summed E-state index contributed by atoms with van der Waals surface area (Å²) in [4.78, 5) is 13.4. The number of hydrogen-bond donors (Lipinski definition) is 0. The molecule has 0 bridgehead atoms. The lowest BCUT2D eigenvalue weighted by Gasteiger charge is -2.09. The molecule has 0 N–H and O–H groups in total. The van der Waals surface area contributed by atoms with Gasteiger partial charge in [-0.15, -0.1) is 0 Å². The van der Waals surface area contributed by atoms with Gasteiger partial charge in [-0.1, -0.05) is 42.8 Å². The van der Waals surface area contributed by atoms with Gasteiger partial charge in [0.2, 0.25) is 0 Å². The fourth-order valence-electron chi connectivity index (χ4n) is 2.20. The summed E-state index contributed by atoms with van der Waals surface area (Å²) >= 11 is 0. The molecular formula is C18H20O2S. The molecule has 0 aliphatic carbocycles. The SMILES string of the molecule is CCCC(=O)Cc1ccccc1[S@@](=O)c1ccc(C)cc1. The Morgan fingerprint density at radius 3 is 2.38 bits per heavy atom. The maximum absolute atomic E-state index is 12.7. The van der Waals surface area contributed by atoms with Crippen LogP contribution in [-0.4, -0.2) is 9.99 Å². The number of rotatable bonds is 6. The Hall–Kier alpha value is -1.74. The van der Waals surface area contributed by atoms with Crippen molar-refractivity contribution < 1.29 is 9.00 Å². The third-order valence-electron chi connectivity index (χ3n) is 3.32. The first-order chi connectivity index (χ1) is 10.1. The van der Waals surface area contributed by atoms with Gasteiger partial charge >= 0.3 is 0 Å². The fraction of sp³-hybridized carbons (Fsp3) is 0.278. The number of hydrogen-bond acceptors (Lipinski definition) is 2. The number of ketones is 1. The van der Waals surface area contributed by atoms with E-state index in [2.05, 4.69) is 0 Å². The minimum atomic E-state index is -1.24. The van der Waals surface area contributed by atoms with E-state index in [0.29, 0.717) is 12.8 Å². The first-order valence-corrected chi connectivity index (χ1v) is 8.35. The van der Waals surface area contributed by atoms with Crippen molar-refractivity contribution in [1.82, 2.24) is 0 Å². The van der Waals surface area contributed by atoms with E-state index in [0.717, 1.165) is 27.3 Å². The summed E-state index contributed by atoms with van der Waals surface area (Å²) in [6.45, 7) is 4.00. The molecule has 21 heavy (non-hydrogen) atoms. The molecule has 0 spiro atoms. The van der Waals surface area contributed by atoms with Crippen LogP contribution >= 0.6 is 0 Å². The zero-order chi connectivity index (χ0) is 15.2. The molecule has 0 aliphatic heterocycles. The van der Waals surface area contributed by atoms with Crippen molar-refractivity contribution in [3.8, 4) is 0 Å². The van der Waals surface area contributed by atoms with Crippen LogP contribution in [0.5, 0.6) is 0 Å². The molecule has 0 saturated carbocycles. The van der Waals surface area contributed by atoms with Gasteiger partial charge in [0.25, 0.3) is 0 Å². The summed E-state index contributed by atoms with van der Waals surface area (Å²) in [5, 5.41) is 0. The molecular weight excluding hydrogens is 280 g/mol. The van der Waals surface area contributed by atoms with Gasteiger partial charge in [0, 0.05) is 22.6 Å². The first kappa shape index (κ1) is 15.6. The highest BCUT2D eigenvalue weighted by Crippen LogP contribution is 2.21. The van der Waals surface area contributed by atoms with E-state index in [1.165, 1.54) is 0 Å². The number of Topliss-reactive ketones (excluding diaryl/α,β-unsaturated/α-hetero) is 1. The average molecular weight is 300 g/mol. The third kappa shape index (κ3) is 4.11. The number of carbonyl (C=O) groups excluding carboxylic acids is 1. The molecule has 0 aliphatic rings. The van der Waals surface area contributed by atoms with Gasteiger partial charge in [-0.3, -0.25) is 4.79 Å². The van der Waals surface area contributed by atoms with E-state index in [4.69, 9.17) is 0 Å². The van der Waals surface area contributed by atoms with Crippen LogP contribution in [0.15, 0.2) is 58.3 Å². The number of benzene rings is 2. The van der Waals surface area contributed by atoms with Crippen LogP contribution in [0.1, 0.15) is 30.9 Å². The van der Waals surface area contributed by atoms with Crippen LogP contribution in [0.3, 0.4) is 0 Å². The summed E-state index contributed by atoms with van der Waals surface area (Å²) < 4.78 is 12.7. The van der Waals surface area contributed by atoms with Gasteiger partial charge in [0.1, 0.15) is 5.78 Å². The van der Waals surface area contributed by atoms with Crippen molar-refractivity contribution in [2.75, 3.05) is 0 Å². The molecule has 1 atom stereocenters. The molecule has 2 aromatic rings. The van der Waals surface area contributed by atoms with E-state index in [1.807, 2.05) is 62.4 Å². The zero-order valence-electron chi connectivity index (χ0n) is 12.5. The second-order valence-electron chi connectivity index (χ2n) is 5.15. The maximum atomic E-state index is 12.7. The van der Waals surface area contributed by atoms with Gasteiger partial charge in [-0.05, 0) is 37.1 Å². The van der Waals surface area contributed by atoms with Crippen LogP contribution in [0, 0.1) is 6.92 Å². The van der Waals surface area contributed by atoms with Crippen molar-refractivity contribution in [1.29, 1.82) is 0 Å². The Labute approximate surface area is 128 Å². The van der Waals surface area contributed by atoms with E-state index in [9.17, 15) is 9.00 Å². The van der Waals surface area contributed by atoms with Crippen molar-refractivity contribution >= 4 is 16.6 Å². The highest BCUT2D eigenvalue weighted by molar-refractivity contribution is 7.85. The Morgan fingerprint density at radius 1 is 1.05 bits per heavy atom. The second kappa shape index (κ2) is 7.32. The second-order valence-corrected chi connectivity index (χ2v) is 6.60. The largest absolute Gasteiger partial charge is 0.299 e. The van der Waals surface area contributed by atoms with Crippen LogP contribution in [0.4, 0.5) is 0 Å². The zero-order valence-corrected chi connectivity index (χ0v) is 13.3. The Morgan fingerprint density at radius 2 is 1.71 bits per heavy atom. The maximum Gasteiger partial charge on any atom is 0.137 e. The van der Waals surface area contributed by atoms with Crippen LogP contribution < -0.4 is 0 Å². The van der Waals surface area contributed by atoms with E-state index >= 15 is 0 Å². The number of carbonyl (C=O) groups is 1. The topological polar surface area (TPSA) is 34.1 Å². The smallest absolute Gasteiger partial charge is 0.137 e. The predicted octanol–water partition coefficient (Wildman–Crippen LogP) is 4.07. The standard InChI is InChI=1S/C18H20O2S/c1-3-6-16(19)13-15-7-4-5-8-18(15)21(20)17-11-9-14(2)10-12-17/h4-5,7-12H,3,6,13H2,1-2H3/t21-/m0/s1. The molecule has 0 aromatic heterocycles. The predicted molar refractivity (Wildman–Crippen MR) is 85.9 cm³/mol. The average Bonchev–Trinajstić information content (AvgIpc) is 2.48. The summed E-state index contributed by atoms with van der Waals surface area (Å²) in [6, 6.07) is 15.2. The molecule has 3 heteroatoms. The van der Waals surface area contributed by atoms with Gasteiger partial charge in [0.05, 0.1) is 10.8 Å². The van der Waals surface area contributed by atoms with Crippen molar-refractivity contribution in [3.63, 3.8) is 0 Å². The van der Waals surface area contributed by atoms with Gasteiger partial charge in [-0.2, -0.15) is 0 Å². The van der Waals surface area contributed by atoms with Gasteiger partial charge in [-0.25, -0.2) is 4.21 Å². The monoisotopic (exact) mass is 300 g/mol. The van der Waals surface area contributed by atoms with Crippen molar-refractivity contribution in [2.24, 2.45) is 0 Å². The molecule has 2 nitrogen and oxygen atoms in total. The lowest BCUT2D eigenvalue weighted by molar-refractivity contribution is -0.118. The Kier molecular flexibility index (Phi) is 5.45. The summed E-state index contributed by atoms with van der Waals surface area (Å²) in [6.07, 6.45) is 1.79.